The number of hydrogen-bond acceptors (Lipinski definition) is 6. The van der Waals surface area contributed by atoms with Crippen LogP contribution in [0.1, 0.15) is 11.3 Å². The van der Waals surface area contributed by atoms with E-state index in [0.717, 1.165) is 10.6 Å². The van der Waals surface area contributed by atoms with Gasteiger partial charge in [-0.3, -0.25) is 14.4 Å². The van der Waals surface area contributed by atoms with Crippen LogP contribution in [0, 0.1) is 6.92 Å². The first-order valence-corrected chi connectivity index (χ1v) is 8.50. The Labute approximate surface area is 149 Å². The second-order valence-corrected chi connectivity index (χ2v) is 6.16. The molecule has 0 saturated heterocycles. The molecule has 7 nitrogen and oxygen atoms in total. The summed E-state index contributed by atoms with van der Waals surface area (Å²) in [5, 5.41) is 7.33. The molecule has 0 atom stereocenters. The molecular weight excluding hydrogens is 342 g/mol. The fourth-order valence-corrected chi connectivity index (χ4v) is 2.71. The molecule has 1 aromatic carbocycles. The van der Waals surface area contributed by atoms with Gasteiger partial charge in [-0.05, 0) is 6.92 Å². The molecule has 0 saturated carbocycles. The second kappa shape index (κ2) is 8.93. The van der Waals surface area contributed by atoms with Gasteiger partial charge < -0.3 is 15.4 Å². The van der Waals surface area contributed by atoms with Gasteiger partial charge in [0.15, 0.2) is 6.61 Å². The van der Waals surface area contributed by atoms with E-state index in [4.69, 9.17) is 4.74 Å². The molecule has 0 unspecified atom stereocenters. The Hall–Kier alpha value is -2.74. The summed E-state index contributed by atoms with van der Waals surface area (Å²) >= 11 is 1.45. The van der Waals surface area contributed by atoms with Crippen LogP contribution in [0.15, 0.2) is 29.6 Å². The molecular formula is C17H19N3O4S. The highest BCUT2D eigenvalue weighted by Crippen LogP contribution is 2.24. The third-order valence-electron chi connectivity index (χ3n) is 3.26. The minimum atomic E-state index is -0.546. The quantitative estimate of drug-likeness (QED) is 0.719. The number of aryl methyl sites for hydroxylation is 1. The normalized spacial score (nSPS) is 10.2. The molecule has 0 bridgehead atoms. The predicted molar refractivity (Wildman–Crippen MR) is 94.0 cm³/mol. The molecule has 0 radical (unpaired) electrons. The van der Waals surface area contributed by atoms with E-state index in [2.05, 4.69) is 15.6 Å². The summed E-state index contributed by atoms with van der Waals surface area (Å²) in [4.78, 5) is 38.6. The molecule has 0 aliphatic heterocycles. The molecule has 0 aliphatic rings. The molecule has 0 fully saturated rings. The molecule has 2 rings (SSSR count). The lowest BCUT2D eigenvalue weighted by atomic mass is 10.2. The maximum Gasteiger partial charge on any atom is 0.312 e. The van der Waals surface area contributed by atoms with Crippen molar-refractivity contribution in [2.24, 2.45) is 0 Å². The zero-order chi connectivity index (χ0) is 18.2. The Morgan fingerprint density at radius 2 is 1.88 bits per heavy atom. The number of aromatic nitrogens is 1. The van der Waals surface area contributed by atoms with Crippen molar-refractivity contribution in [1.82, 2.24) is 15.6 Å². The van der Waals surface area contributed by atoms with Crippen molar-refractivity contribution < 1.29 is 19.1 Å². The van der Waals surface area contributed by atoms with Gasteiger partial charge in [-0.2, -0.15) is 0 Å². The summed E-state index contributed by atoms with van der Waals surface area (Å²) in [5.41, 5.74) is 2.75. The maximum absolute atomic E-state index is 11.8. The number of nitrogens with zero attached hydrogens (tertiary/aromatic N) is 1. The Kier molecular flexibility index (Phi) is 6.64. The average Bonchev–Trinajstić information content (AvgIpc) is 3.06. The van der Waals surface area contributed by atoms with Crippen LogP contribution < -0.4 is 10.6 Å². The molecule has 2 amide bonds. The van der Waals surface area contributed by atoms with Gasteiger partial charge in [-0.1, -0.05) is 29.8 Å². The summed E-state index contributed by atoms with van der Waals surface area (Å²) < 4.78 is 4.89. The van der Waals surface area contributed by atoms with E-state index in [9.17, 15) is 14.4 Å². The SMILES string of the molecule is CNC(=O)CNC(=O)COC(=O)Cc1csc(-c2ccc(C)cc2)n1. The van der Waals surface area contributed by atoms with Gasteiger partial charge in [0.25, 0.3) is 5.91 Å². The van der Waals surface area contributed by atoms with E-state index in [0.29, 0.717) is 5.69 Å². The van der Waals surface area contributed by atoms with Gasteiger partial charge in [0.2, 0.25) is 5.91 Å². The highest BCUT2D eigenvalue weighted by Gasteiger charge is 2.12. The number of rotatable bonds is 7. The number of benzene rings is 1. The second-order valence-electron chi connectivity index (χ2n) is 5.30. The number of carbonyl (C=O) groups excluding carboxylic acids is 3. The van der Waals surface area contributed by atoms with Crippen LogP contribution in [-0.4, -0.2) is 43.0 Å². The number of amides is 2. The van der Waals surface area contributed by atoms with Crippen LogP contribution in [0.2, 0.25) is 0 Å². The molecule has 0 aliphatic carbocycles. The smallest absolute Gasteiger partial charge is 0.312 e. The van der Waals surface area contributed by atoms with Crippen LogP contribution in [0.5, 0.6) is 0 Å². The number of likely N-dealkylation sites (N-methyl/N-ethyl adjacent to an activating group) is 1. The number of ether oxygens (including phenoxy) is 1. The first-order chi connectivity index (χ1) is 12.0. The van der Waals surface area contributed by atoms with Gasteiger partial charge in [-0.25, -0.2) is 4.98 Å². The first kappa shape index (κ1) is 18.6. The molecule has 1 heterocycles. The lowest BCUT2D eigenvalue weighted by Gasteiger charge is -2.05. The molecule has 25 heavy (non-hydrogen) atoms. The highest BCUT2D eigenvalue weighted by atomic mass is 32.1. The summed E-state index contributed by atoms with van der Waals surface area (Å²) in [5.74, 6) is -1.41. The fourth-order valence-electron chi connectivity index (χ4n) is 1.88. The van der Waals surface area contributed by atoms with Crippen molar-refractivity contribution in [3.8, 4) is 10.6 Å². The maximum atomic E-state index is 11.8. The average molecular weight is 361 g/mol. The summed E-state index contributed by atoms with van der Waals surface area (Å²) in [6.07, 6.45) is -0.00884. The third kappa shape index (κ3) is 6.00. The zero-order valence-corrected chi connectivity index (χ0v) is 14.8. The molecule has 1 aromatic heterocycles. The van der Waals surface area contributed by atoms with Gasteiger partial charge >= 0.3 is 5.97 Å². The zero-order valence-electron chi connectivity index (χ0n) is 14.0. The summed E-state index contributed by atoms with van der Waals surface area (Å²) in [7, 11) is 1.47. The van der Waals surface area contributed by atoms with Gasteiger partial charge in [0, 0.05) is 18.0 Å². The number of esters is 1. The van der Waals surface area contributed by atoms with E-state index < -0.39 is 18.5 Å². The largest absolute Gasteiger partial charge is 0.455 e. The van der Waals surface area contributed by atoms with E-state index in [1.807, 2.05) is 31.2 Å². The fraction of sp³-hybridized carbons (Fsp3) is 0.294. The molecule has 2 aromatic rings. The number of carbonyl (C=O) groups is 3. The highest BCUT2D eigenvalue weighted by molar-refractivity contribution is 7.13. The minimum Gasteiger partial charge on any atom is -0.455 e. The first-order valence-electron chi connectivity index (χ1n) is 7.62. The van der Waals surface area contributed by atoms with Crippen molar-refractivity contribution in [3.63, 3.8) is 0 Å². The van der Waals surface area contributed by atoms with Crippen LogP contribution >= 0.6 is 11.3 Å². The number of hydrogen-bond donors (Lipinski definition) is 2. The Morgan fingerprint density at radius 1 is 1.16 bits per heavy atom. The predicted octanol–water partition coefficient (Wildman–Crippen LogP) is 1.07. The number of nitrogens with one attached hydrogen (secondary N) is 2. The van der Waals surface area contributed by atoms with Crippen molar-refractivity contribution in [2.45, 2.75) is 13.3 Å². The monoisotopic (exact) mass is 361 g/mol. The Balaban J connectivity index is 1.80. The van der Waals surface area contributed by atoms with Crippen molar-refractivity contribution in [1.29, 1.82) is 0 Å². The van der Waals surface area contributed by atoms with E-state index in [1.165, 1.54) is 23.9 Å². The van der Waals surface area contributed by atoms with E-state index in [-0.39, 0.29) is 18.9 Å². The topological polar surface area (TPSA) is 97.4 Å². The standard InChI is InChI=1S/C17H19N3O4S/c1-11-3-5-12(6-4-11)17-20-13(10-25-17)7-16(23)24-9-15(22)19-8-14(21)18-2/h3-6,10H,7-9H2,1-2H3,(H,18,21)(H,19,22). The van der Waals surface area contributed by atoms with E-state index >= 15 is 0 Å². The molecule has 8 heteroatoms. The summed E-state index contributed by atoms with van der Waals surface area (Å²) in [6, 6.07) is 7.96. The number of thiazole rings is 1. The Morgan fingerprint density at radius 3 is 2.56 bits per heavy atom. The Bertz CT molecular complexity index is 756. The van der Waals surface area contributed by atoms with E-state index in [1.54, 1.807) is 5.38 Å². The van der Waals surface area contributed by atoms with Gasteiger partial charge in [0.1, 0.15) is 5.01 Å². The summed E-state index contributed by atoms with van der Waals surface area (Å²) in [6.45, 7) is 1.43. The van der Waals surface area contributed by atoms with Gasteiger partial charge in [0.05, 0.1) is 18.7 Å². The minimum absolute atomic E-state index is 0.00884. The molecule has 0 spiro atoms. The molecule has 132 valence electrons. The van der Waals surface area contributed by atoms with Crippen LogP contribution in [-0.2, 0) is 25.5 Å². The van der Waals surface area contributed by atoms with Crippen LogP contribution in [0.3, 0.4) is 0 Å². The van der Waals surface area contributed by atoms with Crippen molar-refractivity contribution in [2.75, 3.05) is 20.2 Å². The van der Waals surface area contributed by atoms with Crippen LogP contribution in [0.4, 0.5) is 0 Å². The van der Waals surface area contributed by atoms with Crippen LogP contribution in [0.25, 0.3) is 10.6 Å². The lowest BCUT2D eigenvalue weighted by molar-refractivity contribution is -0.148. The van der Waals surface area contributed by atoms with Crippen molar-refractivity contribution in [3.05, 3.63) is 40.9 Å². The van der Waals surface area contributed by atoms with Gasteiger partial charge in [-0.15, -0.1) is 11.3 Å². The van der Waals surface area contributed by atoms with Crippen molar-refractivity contribution >= 4 is 29.1 Å². The molecule has 2 N–H and O–H groups in total. The lowest BCUT2D eigenvalue weighted by Crippen LogP contribution is -2.37. The third-order valence-corrected chi connectivity index (χ3v) is 4.21.